The van der Waals surface area contributed by atoms with Gasteiger partial charge in [0.25, 0.3) is 11.8 Å². The first-order valence-corrected chi connectivity index (χ1v) is 9.92. The Kier molecular flexibility index (Phi) is 8.24. The third kappa shape index (κ3) is 6.59. The van der Waals surface area contributed by atoms with Crippen LogP contribution in [0.1, 0.15) is 21.5 Å². The molecule has 10 heteroatoms. The fraction of sp³-hybridized carbons (Fsp3) is 0.211. The molecular formula is C19H19BrClN3O4S. The van der Waals surface area contributed by atoms with E-state index in [4.69, 9.17) is 33.3 Å². The van der Waals surface area contributed by atoms with Crippen LogP contribution < -0.4 is 25.6 Å². The summed E-state index contributed by atoms with van der Waals surface area (Å²) in [6.07, 6.45) is 0. The number of methoxy groups -OCH3 is 1. The molecule has 0 spiro atoms. The zero-order valence-electron chi connectivity index (χ0n) is 15.9. The van der Waals surface area contributed by atoms with Gasteiger partial charge in [-0.25, -0.2) is 0 Å². The number of hydrazine groups is 1. The van der Waals surface area contributed by atoms with Gasteiger partial charge in [-0.1, -0.05) is 27.5 Å². The van der Waals surface area contributed by atoms with Gasteiger partial charge < -0.3 is 9.47 Å². The lowest BCUT2D eigenvalue weighted by Crippen LogP contribution is -2.49. The average Bonchev–Trinajstić information content (AvgIpc) is 2.68. The third-order valence-electron chi connectivity index (χ3n) is 3.73. The Morgan fingerprint density at radius 3 is 2.41 bits per heavy atom. The third-order valence-corrected chi connectivity index (χ3v) is 5.02. The molecule has 7 nitrogen and oxygen atoms in total. The van der Waals surface area contributed by atoms with Crippen molar-refractivity contribution in [3.05, 3.63) is 56.5 Å². The van der Waals surface area contributed by atoms with Gasteiger partial charge in [-0.15, -0.1) is 0 Å². The predicted molar refractivity (Wildman–Crippen MR) is 118 cm³/mol. The van der Waals surface area contributed by atoms with E-state index >= 15 is 0 Å². The topological polar surface area (TPSA) is 88.7 Å². The number of hydrogen-bond donors (Lipinski definition) is 3. The first kappa shape index (κ1) is 22.9. The van der Waals surface area contributed by atoms with Crippen LogP contribution in [0, 0.1) is 13.8 Å². The normalized spacial score (nSPS) is 10.1. The summed E-state index contributed by atoms with van der Waals surface area (Å²) in [4.78, 5) is 24.3. The van der Waals surface area contributed by atoms with E-state index in [1.807, 2.05) is 13.8 Å². The Morgan fingerprint density at radius 1 is 1.14 bits per heavy atom. The fourth-order valence-electron chi connectivity index (χ4n) is 2.36. The molecule has 2 aromatic rings. The molecule has 0 radical (unpaired) electrons. The Balaban J connectivity index is 1.84. The monoisotopic (exact) mass is 499 g/mol. The van der Waals surface area contributed by atoms with Gasteiger partial charge in [-0.2, -0.15) is 0 Å². The number of nitrogens with one attached hydrogen (secondary N) is 3. The number of ether oxygens (including phenoxy) is 2. The standard InChI is InChI=1S/C19H19BrClN3O4S/c1-10-6-13(7-11(2)17(10)21)28-9-16(25)23-24-19(29)22-18(26)14-8-12(20)4-5-15(14)27-3/h4-8H,9H2,1-3H3,(H,23,25)(H2,22,24,26,29). The van der Waals surface area contributed by atoms with E-state index in [9.17, 15) is 9.59 Å². The van der Waals surface area contributed by atoms with Crippen molar-refractivity contribution in [3.63, 3.8) is 0 Å². The van der Waals surface area contributed by atoms with E-state index in [0.717, 1.165) is 11.1 Å². The molecule has 2 amide bonds. The molecule has 0 heterocycles. The van der Waals surface area contributed by atoms with Crippen molar-refractivity contribution >= 4 is 56.7 Å². The van der Waals surface area contributed by atoms with E-state index in [0.29, 0.717) is 21.0 Å². The second-order valence-corrected chi connectivity index (χ2v) is 7.66. The van der Waals surface area contributed by atoms with Gasteiger partial charge in [0.15, 0.2) is 11.7 Å². The van der Waals surface area contributed by atoms with Crippen molar-refractivity contribution in [1.82, 2.24) is 16.2 Å². The van der Waals surface area contributed by atoms with Crippen LogP contribution in [-0.4, -0.2) is 30.6 Å². The van der Waals surface area contributed by atoms with Gasteiger partial charge in [0, 0.05) is 9.50 Å². The van der Waals surface area contributed by atoms with Crippen LogP contribution in [0.5, 0.6) is 11.5 Å². The molecule has 0 bridgehead atoms. The molecule has 0 aromatic heterocycles. The van der Waals surface area contributed by atoms with Crippen LogP contribution in [0.15, 0.2) is 34.8 Å². The van der Waals surface area contributed by atoms with Gasteiger partial charge in [-0.3, -0.25) is 25.8 Å². The Morgan fingerprint density at radius 2 is 1.79 bits per heavy atom. The van der Waals surface area contributed by atoms with Crippen LogP contribution in [0.4, 0.5) is 0 Å². The molecule has 0 unspecified atom stereocenters. The van der Waals surface area contributed by atoms with E-state index in [1.54, 1.807) is 30.3 Å². The van der Waals surface area contributed by atoms with Crippen LogP contribution in [0.2, 0.25) is 5.02 Å². The highest BCUT2D eigenvalue weighted by atomic mass is 79.9. The lowest BCUT2D eigenvalue weighted by atomic mass is 10.1. The highest BCUT2D eigenvalue weighted by molar-refractivity contribution is 9.10. The van der Waals surface area contributed by atoms with Gasteiger partial charge in [0.2, 0.25) is 0 Å². The number of halogens is 2. The zero-order chi connectivity index (χ0) is 21.6. The highest BCUT2D eigenvalue weighted by Gasteiger charge is 2.14. The lowest BCUT2D eigenvalue weighted by molar-refractivity contribution is -0.123. The summed E-state index contributed by atoms with van der Waals surface area (Å²) in [7, 11) is 1.46. The summed E-state index contributed by atoms with van der Waals surface area (Å²) < 4.78 is 11.3. The number of carbonyl (C=O) groups excluding carboxylic acids is 2. The summed E-state index contributed by atoms with van der Waals surface area (Å²) >= 11 is 14.4. The maximum Gasteiger partial charge on any atom is 0.276 e. The number of aryl methyl sites for hydroxylation is 2. The van der Waals surface area contributed by atoms with E-state index in [1.165, 1.54) is 7.11 Å². The van der Waals surface area contributed by atoms with Crippen molar-refractivity contribution < 1.29 is 19.1 Å². The zero-order valence-corrected chi connectivity index (χ0v) is 19.0. The van der Waals surface area contributed by atoms with Crippen LogP contribution in [0.3, 0.4) is 0 Å². The maximum absolute atomic E-state index is 12.3. The number of rotatable bonds is 5. The molecule has 0 saturated carbocycles. The van der Waals surface area contributed by atoms with Crippen molar-refractivity contribution in [2.45, 2.75) is 13.8 Å². The first-order valence-electron chi connectivity index (χ1n) is 8.34. The number of thiocarbonyl (C=S) groups is 1. The average molecular weight is 501 g/mol. The Bertz CT molecular complexity index is 932. The fourth-order valence-corrected chi connectivity index (χ4v) is 2.97. The minimum atomic E-state index is -0.488. The van der Waals surface area contributed by atoms with Crippen molar-refractivity contribution in [1.29, 1.82) is 0 Å². The number of amides is 2. The molecule has 0 aliphatic rings. The lowest BCUT2D eigenvalue weighted by Gasteiger charge is -2.13. The molecule has 2 rings (SSSR count). The SMILES string of the molecule is COc1ccc(Br)cc1C(=O)NC(=S)NNC(=O)COc1cc(C)c(Cl)c(C)c1. The summed E-state index contributed by atoms with van der Waals surface area (Å²) in [5.41, 5.74) is 6.80. The summed E-state index contributed by atoms with van der Waals surface area (Å²) in [5, 5.41) is 3.04. The second kappa shape index (κ2) is 10.4. The minimum absolute atomic E-state index is 0.0800. The quantitative estimate of drug-likeness (QED) is 0.431. The first-order chi connectivity index (χ1) is 13.7. The van der Waals surface area contributed by atoms with Gasteiger partial charge in [0.1, 0.15) is 11.5 Å². The van der Waals surface area contributed by atoms with Gasteiger partial charge in [0.05, 0.1) is 12.7 Å². The van der Waals surface area contributed by atoms with Crippen LogP contribution in [-0.2, 0) is 4.79 Å². The van der Waals surface area contributed by atoms with E-state index in [-0.39, 0.29) is 17.3 Å². The summed E-state index contributed by atoms with van der Waals surface area (Å²) in [5.74, 6) is -0.0539. The largest absolute Gasteiger partial charge is 0.496 e. The summed E-state index contributed by atoms with van der Waals surface area (Å²) in [6.45, 7) is 3.46. The van der Waals surface area contributed by atoms with Crippen molar-refractivity contribution in [2.24, 2.45) is 0 Å². The number of carbonyl (C=O) groups is 2. The Labute approximate surface area is 187 Å². The molecule has 0 atom stereocenters. The molecule has 2 aromatic carbocycles. The summed E-state index contributed by atoms with van der Waals surface area (Å²) in [6, 6.07) is 8.47. The molecule has 29 heavy (non-hydrogen) atoms. The molecule has 0 saturated heterocycles. The molecular weight excluding hydrogens is 482 g/mol. The van der Waals surface area contributed by atoms with Gasteiger partial charge in [-0.05, 0) is 67.5 Å². The Hall–Kier alpha value is -2.36. The number of hydrogen-bond acceptors (Lipinski definition) is 5. The van der Waals surface area contributed by atoms with Crippen molar-refractivity contribution in [3.8, 4) is 11.5 Å². The molecule has 0 aliphatic carbocycles. The second-order valence-electron chi connectivity index (χ2n) is 5.96. The molecule has 0 aliphatic heterocycles. The van der Waals surface area contributed by atoms with Gasteiger partial charge >= 0.3 is 0 Å². The predicted octanol–water partition coefficient (Wildman–Crippen LogP) is 3.44. The van der Waals surface area contributed by atoms with E-state index < -0.39 is 11.8 Å². The number of benzene rings is 2. The molecule has 3 N–H and O–H groups in total. The maximum atomic E-state index is 12.3. The smallest absolute Gasteiger partial charge is 0.276 e. The van der Waals surface area contributed by atoms with E-state index in [2.05, 4.69) is 32.1 Å². The van der Waals surface area contributed by atoms with Crippen LogP contribution >= 0.6 is 39.7 Å². The van der Waals surface area contributed by atoms with Crippen molar-refractivity contribution in [2.75, 3.05) is 13.7 Å². The molecule has 154 valence electrons. The van der Waals surface area contributed by atoms with Crippen LogP contribution in [0.25, 0.3) is 0 Å². The minimum Gasteiger partial charge on any atom is -0.496 e. The molecule has 0 fully saturated rings. The highest BCUT2D eigenvalue weighted by Crippen LogP contribution is 2.25.